The van der Waals surface area contributed by atoms with Crippen LogP contribution < -0.4 is 15.8 Å². The summed E-state index contributed by atoms with van der Waals surface area (Å²) < 4.78 is 12.1. The molecule has 1 unspecified atom stereocenters. The summed E-state index contributed by atoms with van der Waals surface area (Å²) in [6.07, 6.45) is 2.51. The average Bonchev–Trinajstić information content (AvgIpc) is 3.40. The first-order valence-corrected chi connectivity index (χ1v) is 10.9. The number of ether oxygens (including phenoxy) is 1. The maximum atomic E-state index is 12.6. The molecule has 1 aliphatic rings. The SMILES string of the molecule is COc1cccc(C(CNC(=O)CCn2c(=O)oc3cc(Cl)ccc32)N2CCCC2)c1. The molecule has 8 heteroatoms. The third kappa shape index (κ3) is 4.94. The quantitative estimate of drug-likeness (QED) is 0.575. The van der Waals surface area contributed by atoms with Gasteiger partial charge >= 0.3 is 5.76 Å². The van der Waals surface area contributed by atoms with Gasteiger partial charge in [0.2, 0.25) is 5.91 Å². The van der Waals surface area contributed by atoms with E-state index in [2.05, 4.69) is 16.3 Å². The van der Waals surface area contributed by atoms with Gasteiger partial charge in [0.15, 0.2) is 5.58 Å². The molecule has 164 valence electrons. The summed E-state index contributed by atoms with van der Waals surface area (Å²) in [5.74, 6) is 0.207. The first-order valence-electron chi connectivity index (χ1n) is 10.5. The molecule has 31 heavy (non-hydrogen) atoms. The van der Waals surface area contributed by atoms with Crippen LogP contribution in [-0.2, 0) is 11.3 Å². The van der Waals surface area contributed by atoms with Crippen molar-refractivity contribution in [1.29, 1.82) is 0 Å². The minimum atomic E-state index is -0.489. The minimum absolute atomic E-state index is 0.0844. The number of amides is 1. The molecule has 2 heterocycles. The molecular weight excluding hydrogens is 418 g/mol. The second kappa shape index (κ2) is 9.58. The number of nitrogens with zero attached hydrogens (tertiary/aromatic N) is 2. The highest BCUT2D eigenvalue weighted by atomic mass is 35.5. The normalized spacial score (nSPS) is 15.3. The predicted molar refractivity (Wildman–Crippen MR) is 120 cm³/mol. The van der Waals surface area contributed by atoms with Crippen molar-refractivity contribution in [3.63, 3.8) is 0 Å². The van der Waals surface area contributed by atoms with Gasteiger partial charge in [0.1, 0.15) is 5.75 Å². The van der Waals surface area contributed by atoms with Gasteiger partial charge < -0.3 is 14.5 Å². The van der Waals surface area contributed by atoms with Gasteiger partial charge in [0, 0.05) is 30.6 Å². The van der Waals surface area contributed by atoms with Crippen LogP contribution in [0, 0.1) is 0 Å². The van der Waals surface area contributed by atoms with Gasteiger partial charge in [-0.15, -0.1) is 0 Å². The van der Waals surface area contributed by atoms with Crippen LogP contribution in [-0.4, -0.2) is 42.1 Å². The van der Waals surface area contributed by atoms with E-state index in [1.807, 2.05) is 18.2 Å². The van der Waals surface area contributed by atoms with Crippen LogP contribution in [0.1, 0.15) is 30.9 Å². The van der Waals surface area contributed by atoms with Gasteiger partial charge in [0.25, 0.3) is 0 Å². The largest absolute Gasteiger partial charge is 0.497 e. The fourth-order valence-electron chi connectivity index (χ4n) is 4.12. The number of methoxy groups -OCH3 is 1. The van der Waals surface area contributed by atoms with E-state index in [-0.39, 0.29) is 24.9 Å². The zero-order valence-electron chi connectivity index (χ0n) is 17.5. The molecule has 2 aromatic carbocycles. The lowest BCUT2D eigenvalue weighted by molar-refractivity contribution is -0.121. The molecular formula is C23H26ClN3O4. The average molecular weight is 444 g/mol. The summed E-state index contributed by atoms with van der Waals surface area (Å²) in [6, 6.07) is 13.1. The van der Waals surface area contributed by atoms with Crippen molar-refractivity contribution in [2.75, 3.05) is 26.7 Å². The molecule has 0 saturated carbocycles. The lowest BCUT2D eigenvalue weighted by atomic mass is 10.0. The zero-order chi connectivity index (χ0) is 21.8. The van der Waals surface area contributed by atoms with Crippen LogP contribution >= 0.6 is 11.6 Å². The third-order valence-electron chi connectivity index (χ3n) is 5.75. The van der Waals surface area contributed by atoms with Crippen molar-refractivity contribution in [1.82, 2.24) is 14.8 Å². The van der Waals surface area contributed by atoms with Gasteiger partial charge in [0.05, 0.1) is 18.7 Å². The lowest BCUT2D eigenvalue weighted by Crippen LogP contribution is -2.37. The number of carbonyl (C=O) groups excluding carboxylic acids is 1. The Labute approximate surface area is 185 Å². The van der Waals surface area contributed by atoms with E-state index in [0.29, 0.717) is 22.7 Å². The fourth-order valence-corrected chi connectivity index (χ4v) is 4.29. The molecule has 0 bridgehead atoms. The van der Waals surface area contributed by atoms with Crippen molar-refractivity contribution in [3.05, 3.63) is 63.6 Å². The highest BCUT2D eigenvalue weighted by Gasteiger charge is 2.24. The highest BCUT2D eigenvalue weighted by Crippen LogP contribution is 2.27. The van der Waals surface area contributed by atoms with Crippen LogP contribution in [0.25, 0.3) is 11.1 Å². The Morgan fingerprint density at radius 3 is 2.81 bits per heavy atom. The number of aryl methyl sites for hydroxylation is 1. The minimum Gasteiger partial charge on any atom is -0.497 e. The molecule has 1 fully saturated rings. The molecule has 3 aromatic rings. The summed E-state index contributed by atoms with van der Waals surface area (Å²) in [4.78, 5) is 27.1. The van der Waals surface area contributed by atoms with Crippen molar-refractivity contribution < 1.29 is 13.9 Å². The number of halogens is 1. The maximum absolute atomic E-state index is 12.6. The number of carbonyl (C=O) groups is 1. The summed E-state index contributed by atoms with van der Waals surface area (Å²) in [5.41, 5.74) is 2.18. The van der Waals surface area contributed by atoms with E-state index < -0.39 is 5.76 Å². The Balaban J connectivity index is 1.41. The first kappa shape index (κ1) is 21.5. The standard InChI is InChI=1S/C23H26ClN3O4/c1-30-18-6-4-5-16(13-18)20(26-10-2-3-11-26)15-25-22(28)9-12-27-19-8-7-17(24)14-21(19)31-23(27)29/h4-8,13-14,20H,2-3,9-12,15H2,1H3,(H,25,28). The Morgan fingerprint density at radius 1 is 1.23 bits per heavy atom. The Hall–Kier alpha value is -2.77. The van der Waals surface area contributed by atoms with Crippen molar-refractivity contribution in [2.45, 2.75) is 31.8 Å². The monoisotopic (exact) mass is 443 g/mol. The van der Waals surface area contributed by atoms with Gasteiger partial charge in [-0.3, -0.25) is 14.3 Å². The number of aromatic nitrogens is 1. The van der Waals surface area contributed by atoms with Crippen LogP contribution in [0.2, 0.25) is 5.02 Å². The molecule has 4 rings (SSSR count). The van der Waals surface area contributed by atoms with Gasteiger partial charge in [-0.2, -0.15) is 0 Å². The predicted octanol–water partition coefficient (Wildman–Crippen LogP) is 3.60. The number of hydrogen-bond acceptors (Lipinski definition) is 5. The van der Waals surface area contributed by atoms with Gasteiger partial charge in [-0.1, -0.05) is 23.7 Å². The van der Waals surface area contributed by atoms with E-state index in [4.69, 9.17) is 20.8 Å². The van der Waals surface area contributed by atoms with Gasteiger partial charge in [-0.25, -0.2) is 4.79 Å². The number of nitrogens with one attached hydrogen (secondary N) is 1. The van der Waals surface area contributed by atoms with E-state index in [1.165, 1.54) is 4.57 Å². The number of hydrogen-bond donors (Lipinski definition) is 1. The van der Waals surface area contributed by atoms with Gasteiger partial charge in [-0.05, 0) is 55.8 Å². The topological polar surface area (TPSA) is 76.7 Å². The lowest BCUT2D eigenvalue weighted by Gasteiger charge is -2.28. The van der Waals surface area contributed by atoms with E-state index in [9.17, 15) is 9.59 Å². The molecule has 0 spiro atoms. The second-order valence-corrected chi connectivity index (χ2v) is 8.16. The van der Waals surface area contributed by atoms with Crippen LogP contribution in [0.3, 0.4) is 0 Å². The van der Waals surface area contributed by atoms with Crippen molar-refractivity contribution in [3.8, 4) is 5.75 Å². The van der Waals surface area contributed by atoms with Crippen molar-refractivity contribution in [2.24, 2.45) is 0 Å². The molecule has 1 N–H and O–H groups in total. The summed E-state index contributed by atoms with van der Waals surface area (Å²) >= 11 is 5.95. The maximum Gasteiger partial charge on any atom is 0.419 e. The molecule has 1 amide bonds. The van der Waals surface area contributed by atoms with Crippen molar-refractivity contribution >= 4 is 28.6 Å². The number of benzene rings is 2. The second-order valence-electron chi connectivity index (χ2n) is 7.72. The number of rotatable bonds is 8. The number of likely N-dealkylation sites (tertiary alicyclic amines) is 1. The first-order chi connectivity index (χ1) is 15.0. The van der Waals surface area contributed by atoms with E-state index in [1.54, 1.807) is 25.3 Å². The molecule has 1 saturated heterocycles. The Bertz CT molecular complexity index is 1120. The van der Waals surface area contributed by atoms with E-state index >= 15 is 0 Å². The van der Waals surface area contributed by atoms with Crippen LogP contribution in [0.5, 0.6) is 5.75 Å². The number of oxazole rings is 1. The Kier molecular flexibility index (Phi) is 6.63. The molecule has 1 aliphatic heterocycles. The smallest absolute Gasteiger partial charge is 0.419 e. The molecule has 7 nitrogen and oxygen atoms in total. The third-order valence-corrected chi connectivity index (χ3v) is 5.98. The summed E-state index contributed by atoms with van der Waals surface area (Å²) in [6.45, 7) is 2.77. The van der Waals surface area contributed by atoms with Crippen LogP contribution in [0.4, 0.5) is 0 Å². The summed E-state index contributed by atoms with van der Waals surface area (Å²) in [5, 5.41) is 3.54. The molecule has 0 aliphatic carbocycles. The number of fused-ring (bicyclic) bond motifs is 1. The van der Waals surface area contributed by atoms with Crippen LogP contribution in [0.15, 0.2) is 51.7 Å². The molecule has 1 atom stereocenters. The van der Waals surface area contributed by atoms with E-state index in [0.717, 1.165) is 37.2 Å². The zero-order valence-corrected chi connectivity index (χ0v) is 18.2. The molecule has 0 radical (unpaired) electrons. The summed E-state index contributed by atoms with van der Waals surface area (Å²) in [7, 11) is 1.65. The Morgan fingerprint density at radius 2 is 2.03 bits per heavy atom. The highest BCUT2D eigenvalue weighted by molar-refractivity contribution is 6.31. The molecule has 1 aromatic heterocycles. The fraction of sp³-hybridized carbons (Fsp3) is 0.391.